The summed E-state index contributed by atoms with van der Waals surface area (Å²) in [7, 11) is 0. The first kappa shape index (κ1) is 8.59. The van der Waals surface area contributed by atoms with Crippen LogP contribution in [0.2, 0.25) is 0 Å². The second kappa shape index (κ2) is 3.26. The summed E-state index contributed by atoms with van der Waals surface area (Å²) in [6.45, 7) is 2.97. The fourth-order valence-corrected chi connectivity index (χ4v) is 0.773. The van der Waals surface area contributed by atoms with Crippen LogP contribution in [-0.2, 0) is 0 Å². The van der Waals surface area contributed by atoms with E-state index in [4.69, 9.17) is 5.41 Å². The molecule has 1 N–H and O–H groups in total. The van der Waals surface area contributed by atoms with Gasteiger partial charge in [-0.15, -0.1) is 0 Å². The summed E-state index contributed by atoms with van der Waals surface area (Å²) in [6.07, 6.45) is 0. The van der Waals surface area contributed by atoms with Crippen molar-refractivity contribution in [3.63, 3.8) is 0 Å². The van der Waals surface area contributed by atoms with E-state index in [-0.39, 0.29) is 5.71 Å². The number of nitrogens with one attached hydrogen (secondary N) is 1. The fraction of sp³-hybridized carbons (Fsp3) is 0. The zero-order valence-corrected chi connectivity index (χ0v) is 6.27. The highest BCUT2D eigenvalue weighted by Gasteiger charge is 2.03. The van der Waals surface area contributed by atoms with Crippen molar-refractivity contribution in [2.45, 2.75) is 0 Å². The molecule has 1 aromatic rings. The number of halogens is 2. The first-order valence-corrected chi connectivity index (χ1v) is 3.30. The molecule has 0 heterocycles. The Labute approximate surface area is 68.9 Å². The molecule has 1 aromatic carbocycles. The van der Waals surface area contributed by atoms with Crippen LogP contribution in [0.15, 0.2) is 36.7 Å². The van der Waals surface area contributed by atoms with Crippen molar-refractivity contribution >= 4 is 5.71 Å². The third kappa shape index (κ3) is 1.75. The topological polar surface area (TPSA) is 23.9 Å². The van der Waals surface area contributed by atoms with E-state index in [1.807, 2.05) is 0 Å². The van der Waals surface area contributed by atoms with E-state index in [9.17, 15) is 8.78 Å². The van der Waals surface area contributed by atoms with E-state index in [0.717, 1.165) is 0 Å². The lowest BCUT2D eigenvalue weighted by Crippen LogP contribution is -1.97. The summed E-state index contributed by atoms with van der Waals surface area (Å²) < 4.78 is 24.7. The van der Waals surface area contributed by atoms with E-state index in [1.165, 1.54) is 24.3 Å². The Morgan fingerprint density at radius 1 is 1.25 bits per heavy atom. The van der Waals surface area contributed by atoms with Gasteiger partial charge >= 0.3 is 0 Å². The highest BCUT2D eigenvalue weighted by atomic mass is 19.1. The molecule has 0 aliphatic rings. The van der Waals surface area contributed by atoms with Gasteiger partial charge in [-0.1, -0.05) is 6.58 Å². The number of hydrogen-bond acceptors (Lipinski definition) is 1. The second-order valence-corrected chi connectivity index (χ2v) is 2.29. The van der Waals surface area contributed by atoms with Gasteiger partial charge in [0.25, 0.3) is 0 Å². The largest absolute Gasteiger partial charge is 0.297 e. The predicted molar refractivity (Wildman–Crippen MR) is 43.5 cm³/mol. The quantitative estimate of drug-likeness (QED) is 0.655. The predicted octanol–water partition coefficient (Wildman–Crippen LogP) is 2.68. The molecule has 0 aromatic heterocycles. The molecule has 0 fully saturated rings. The average molecular weight is 167 g/mol. The Kier molecular flexibility index (Phi) is 2.33. The fourth-order valence-electron chi connectivity index (χ4n) is 0.773. The molecule has 0 aliphatic heterocycles. The monoisotopic (exact) mass is 167 g/mol. The normalized spacial score (nSPS) is 9.50. The Bertz CT molecular complexity index is 314. The molecular weight excluding hydrogens is 160 g/mol. The molecule has 12 heavy (non-hydrogen) atoms. The molecule has 0 atom stereocenters. The van der Waals surface area contributed by atoms with Crippen LogP contribution < -0.4 is 0 Å². The number of hydrogen-bond donors (Lipinski definition) is 1. The number of benzene rings is 1. The maximum atomic E-state index is 12.4. The van der Waals surface area contributed by atoms with Crippen LogP contribution in [0.4, 0.5) is 8.78 Å². The summed E-state index contributed by atoms with van der Waals surface area (Å²) in [5, 5.41) is 7.16. The third-order valence-corrected chi connectivity index (χ3v) is 1.40. The van der Waals surface area contributed by atoms with Crippen LogP contribution in [-0.4, -0.2) is 5.71 Å². The minimum Gasteiger partial charge on any atom is -0.297 e. The molecule has 0 spiro atoms. The maximum absolute atomic E-state index is 12.4. The van der Waals surface area contributed by atoms with Gasteiger partial charge in [0.2, 0.25) is 0 Å². The highest BCUT2D eigenvalue weighted by Crippen LogP contribution is 2.08. The van der Waals surface area contributed by atoms with E-state index >= 15 is 0 Å². The zero-order chi connectivity index (χ0) is 9.14. The summed E-state index contributed by atoms with van der Waals surface area (Å²) >= 11 is 0. The first-order chi connectivity index (χ1) is 5.61. The van der Waals surface area contributed by atoms with Gasteiger partial charge in [0, 0.05) is 5.56 Å². The van der Waals surface area contributed by atoms with Gasteiger partial charge in [0.1, 0.15) is 11.6 Å². The van der Waals surface area contributed by atoms with Gasteiger partial charge in [-0.05, 0) is 24.3 Å². The van der Waals surface area contributed by atoms with Gasteiger partial charge in [0.05, 0.1) is 5.71 Å². The Morgan fingerprint density at radius 2 is 1.75 bits per heavy atom. The summed E-state index contributed by atoms with van der Waals surface area (Å²) in [5.41, 5.74) is 0.0129. The van der Waals surface area contributed by atoms with Crippen molar-refractivity contribution in [3.05, 3.63) is 48.1 Å². The van der Waals surface area contributed by atoms with Crippen LogP contribution in [0, 0.1) is 11.2 Å². The molecule has 1 nitrogen and oxygen atoms in total. The molecule has 0 bridgehead atoms. The molecular formula is C9H7F2N. The lowest BCUT2D eigenvalue weighted by molar-refractivity contribution is 0.627. The smallest absolute Gasteiger partial charge is 0.141 e. The SMILES string of the molecule is C=C(F)C(=N)c1ccc(F)cc1. The Balaban J connectivity index is 2.98. The minimum absolute atomic E-state index is 0.310. The van der Waals surface area contributed by atoms with Crippen molar-refractivity contribution in [2.24, 2.45) is 0 Å². The molecule has 62 valence electrons. The standard InChI is InChI=1S/C9H7F2N/c1-6(10)9(12)7-2-4-8(11)5-3-7/h2-5,12H,1H2. The van der Waals surface area contributed by atoms with Gasteiger partial charge in [-0.25, -0.2) is 8.78 Å². The van der Waals surface area contributed by atoms with Crippen LogP contribution in [0.3, 0.4) is 0 Å². The van der Waals surface area contributed by atoms with Crippen LogP contribution >= 0.6 is 0 Å². The lowest BCUT2D eigenvalue weighted by atomic mass is 10.1. The van der Waals surface area contributed by atoms with Crippen LogP contribution in [0.1, 0.15) is 5.56 Å². The van der Waals surface area contributed by atoms with Crippen molar-refractivity contribution in [2.75, 3.05) is 0 Å². The summed E-state index contributed by atoms with van der Waals surface area (Å²) in [6, 6.07) is 5.02. The van der Waals surface area contributed by atoms with E-state index in [1.54, 1.807) is 0 Å². The average Bonchev–Trinajstić information content (AvgIpc) is 2.04. The van der Waals surface area contributed by atoms with E-state index < -0.39 is 11.6 Å². The van der Waals surface area contributed by atoms with E-state index in [0.29, 0.717) is 5.56 Å². The van der Waals surface area contributed by atoms with Crippen molar-refractivity contribution in [3.8, 4) is 0 Å². The number of allylic oxidation sites excluding steroid dienone is 1. The van der Waals surface area contributed by atoms with E-state index in [2.05, 4.69) is 6.58 Å². The lowest BCUT2D eigenvalue weighted by Gasteiger charge is -1.98. The maximum Gasteiger partial charge on any atom is 0.141 e. The van der Waals surface area contributed by atoms with Gasteiger partial charge in [0.15, 0.2) is 0 Å². The molecule has 0 unspecified atom stereocenters. The number of rotatable bonds is 2. The Hall–Kier alpha value is -1.51. The molecule has 0 saturated carbocycles. The molecule has 0 amide bonds. The van der Waals surface area contributed by atoms with Crippen LogP contribution in [0.5, 0.6) is 0 Å². The third-order valence-electron chi connectivity index (χ3n) is 1.40. The summed E-state index contributed by atoms with van der Waals surface area (Å²) in [5.74, 6) is -1.22. The van der Waals surface area contributed by atoms with Crippen molar-refractivity contribution in [1.29, 1.82) is 5.41 Å². The van der Waals surface area contributed by atoms with Gasteiger partial charge in [-0.3, -0.25) is 5.41 Å². The second-order valence-electron chi connectivity index (χ2n) is 2.29. The first-order valence-electron chi connectivity index (χ1n) is 3.30. The minimum atomic E-state index is -0.818. The molecule has 0 aliphatic carbocycles. The zero-order valence-electron chi connectivity index (χ0n) is 6.27. The van der Waals surface area contributed by atoms with Crippen molar-refractivity contribution < 1.29 is 8.78 Å². The van der Waals surface area contributed by atoms with Crippen molar-refractivity contribution in [1.82, 2.24) is 0 Å². The highest BCUT2D eigenvalue weighted by molar-refractivity contribution is 6.08. The molecule has 1 rings (SSSR count). The van der Waals surface area contributed by atoms with Gasteiger partial charge in [-0.2, -0.15) is 0 Å². The Morgan fingerprint density at radius 3 is 2.17 bits per heavy atom. The molecule has 0 saturated heterocycles. The molecule has 3 heteroatoms. The summed E-state index contributed by atoms with van der Waals surface area (Å²) in [4.78, 5) is 0. The van der Waals surface area contributed by atoms with Gasteiger partial charge < -0.3 is 0 Å². The molecule has 0 radical (unpaired) electrons. The van der Waals surface area contributed by atoms with Crippen LogP contribution in [0.25, 0.3) is 0 Å².